The van der Waals surface area contributed by atoms with Crippen molar-refractivity contribution in [2.24, 2.45) is 5.11 Å². The van der Waals surface area contributed by atoms with Gasteiger partial charge in [0.2, 0.25) is 0 Å². The number of nitrogens with zero attached hydrogens (tertiary/aromatic N) is 3. The summed E-state index contributed by atoms with van der Waals surface area (Å²) < 4.78 is 0. The van der Waals surface area contributed by atoms with Crippen molar-refractivity contribution in [3.8, 4) is 0 Å². The molecular formula is C21H27N3S. The number of thioether (sulfide) groups is 1. The molecule has 0 amide bonds. The standard InChI is InChI=1S/C21H27N3S/c22-24-23-20-16-14-19(15-17-20)11-7-4-2-1-3-5-10-18-25-21-12-8-6-9-13-21/h6,8-9,12-17H,1-5,7,10-11,18H2. The third kappa shape index (κ3) is 8.67. The normalized spacial score (nSPS) is 10.4. The zero-order valence-corrected chi connectivity index (χ0v) is 15.6. The van der Waals surface area contributed by atoms with Gasteiger partial charge in [-0.2, -0.15) is 0 Å². The largest absolute Gasteiger partial charge is 0.126 e. The minimum Gasteiger partial charge on any atom is -0.126 e. The second-order valence-electron chi connectivity index (χ2n) is 6.24. The van der Waals surface area contributed by atoms with Gasteiger partial charge in [-0.15, -0.1) is 11.8 Å². The average molecular weight is 354 g/mol. The lowest BCUT2D eigenvalue weighted by molar-refractivity contribution is 0.590. The van der Waals surface area contributed by atoms with E-state index in [1.807, 2.05) is 23.9 Å². The van der Waals surface area contributed by atoms with Crippen molar-refractivity contribution in [2.75, 3.05) is 5.75 Å². The molecule has 0 radical (unpaired) electrons. The van der Waals surface area contributed by atoms with Crippen LogP contribution < -0.4 is 0 Å². The number of rotatable bonds is 12. The van der Waals surface area contributed by atoms with Gasteiger partial charge in [-0.25, -0.2) is 0 Å². The zero-order valence-electron chi connectivity index (χ0n) is 14.8. The summed E-state index contributed by atoms with van der Waals surface area (Å²) in [5.74, 6) is 1.23. The van der Waals surface area contributed by atoms with Crippen LogP contribution in [0.3, 0.4) is 0 Å². The molecule has 0 bridgehead atoms. The lowest BCUT2D eigenvalue weighted by atomic mass is 10.0. The molecule has 0 spiro atoms. The second kappa shape index (κ2) is 12.5. The van der Waals surface area contributed by atoms with Gasteiger partial charge in [-0.05, 0) is 48.2 Å². The van der Waals surface area contributed by atoms with Crippen molar-refractivity contribution in [1.82, 2.24) is 0 Å². The SMILES string of the molecule is [N-]=[N+]=Nc1ccc(CCCCCCCCCSc2ccccc2)cc1. The van der Waals surface area contributed by atoms with E-state index in [2.05, 4.69) is 52.5 Å². The van der Waals surface area contributed by atoms with E-state index in [0.29, 0.717) is 5.69 Å². The Balaban J connectivity index is 1.42. The Labute approximate surface area is 155 Å². The smallest absolute Gasteiger partial charge is 0.0375 e. The molecule has 0 aromatic heterocycles. The van der Waals surface area contributed by atoms with E-state index in [0.717, 1.165) is 6.42 Å². The Bertz CT molecular complexity index is 634. The van der Waals surface area contributed by atoms with Crippen molar-refractivity contribution in [3.63, 3.8) is 0 Å². The topological polar surface area (TPSA) is 48.8 Å². The molecule has 4 heteroatoms. The van der Waals surface area contributed by atoms with Crippen molar-refractivity contribution in [3.05, 3.63) is 70.6 Å². The van der Waals surface area contributed by atoms with E-state index in [1.54, 1.807) is 0 Å². The van der Waals surface area contributed by atoms with Crippen molar-refractivity contribution in [2.45, 2.75) is 56.3 Å². The van der Waals surface area contributed by atoms with Crippen LogP contribution in [-0.2, 0) is 6.42 Å². The van der Waals surface area contributed by atoms with Crippen LogP contribution in [0.15, 0.2) is 64.6 Å². The van der Waals surface area contributed by atoms with Gasteiger partial charge in [0.15, 0.2) is 0 Å². The highest BCUT2D eigenvalue weighted by atomic mass is 32.2. The Hall–Kier alpha value is -1.90. The van der Waals surface area contributed by atoms with Crippen LogP contribution in [0, 0.1) is 0 Å². The number of aryl methyl sites for hydroxylation is 1. The van der Waals surface area contributed by atoms with E-state index in [4.69, 9.17) is 5.53 Å². The summed E-state index contributed by atoms with van der Waals surface area (Å²) in [6, 6.07) is 18.6. The maximum atomic E-state index is 8.39. The number of unbranched alkanes of at least 4 members (excludes halogenated alkanes) is 6. The minimum atomic E-state index is 0.691. The summed E-state index contributed by atoms with van der Waals surface area (Å²) in [5.41, 5.74) is 10.4. The Morgan fingerprint density at radius 1 is 0.760 bits per heavy atom. The molecule has 2 aromatic carbocycles. The summed E-state index contributed by atoms with van der Waals surface area (Å²) in [7, 11) is 0. The zero-order chi connectivity index (χ0) is 17.6. The Morgan fingerprint density at radius 3 is 2.08 bits per heavy atom. The molecule has 0 saturated carbocycles. The van der Waals surface area contributed by atoms with Crippen LogP contribution in [0.1, 0.15) is 50.5 Å². The van der Waals surface area contributed by atoms with Crippen LogP contribution >= 0.6 is 11.8 Å². The molecule has 0 saturated heterocycles. The Kier molecular flexibility index (Phi) is 9.68. The summed E-state index contributed by atoms with van der Waals surface area (Å²) in [6.45, 7) is 0. The monoisotopic (exact) mass is 353 g/mol. The first kappa shape index (κ1) is 19.4. The highest BCUT2D eigenvalue weighted by Gasteiger charge is 1.96. The molecule has 132 valence electrons. The lowest BCUT2D eigenvalue weighted by Gasteiger charge is -2.04. The molecule has 25 heavy (non-hydrogen) atoms. The lowest BCUT2D eigenvalue weighted by Crippen LogP contribution is -1.86. The molecule has 0 unspecified atom stereocenters. The Morgan fingerprint density at radius 2 is 1.40 bits per heavy atom. The third-order valence-electron chi connectivity index (χ3n) is 4.22. The molecule has 2 rings (SSSR count). The first-order chi connectivity index (χ1) is 12.4. The third-order valence-corrected chi connectivity index (χ3v) is 5.32. The minimum absolute atomic E-state index is 0.691. The van der Waals surface area contributed by atoms with E-state index in [1.165, 1.54) is 61.2 Å². The predicted molar refractivity (Wildman–Crippen MR) is 108 cm³/mol. The van der Waals surface area contributed by atoms with Crippen LogP contribution in [0.5, 0.6) is 0 Å². The first-order valence-electron chi connectivity index (χ1n) is 9.20. The van der Waals surface area contributed by atoms with Crippen molar-refractivity contribution < 1.29 is 0 Å². The summed E-state index contributed by atoms with van der Waals surface area (Å²) >= 11 is 1.97. The van der Waals surface area contributed by atoms with Crippen LogP contribution in [0.25, 0.3) is 10.4 Å². The fourth-order valence-electron chi connectivity index (χ4n) is 2.80. The van der Waals surface area contributed by atoms with Gasteiger partial charge in [-0.3, -0.25) is 0 Å². The highest BCUT2D eigenvalue weighted by Crippen LogP contribution is 2.19. The highest BCUT2D eigenvalue weighted by molar-refractivity contribution is 7.99. The molecule has 0 aliphatic heterocycles. The van der Waals surface area contributed by atoms with Crippen molar-refractivity contribution >= 4 is 17.4 Å². The number of azide groups is 1. The number of benzene rings is 2. The summed E-state index contributed by atoms with van der Waals surface area (Å²) in [4.78, 5) is 4.18. The maximum Gasteiger partial charge on any atom is 0.0375 e. The molecule has 0 N–H and O–H groups in total. The molecule has 0 aliphatic carbocycles. The van der Waals surface area contributed by atoms with E-state index in [-0.39, 0.29) is 0 Å². The molecule has 0 heterocycles. The molecule has 0 fully saturated rings. The summed E-state index contributed by atoms with van der Waals surface area (Å²) in [5, 5.41) is 3.60. The fraction of sp³-hybridized carbons (Fsp3) is 0.429. The van der Waals surface area contributed by atoms with E-state index < -0.39 is 0 Å². The number of hydrogen-bond acceptors (Lipinski definition) is 2. The van der Waals surface area contributed by atoms with E-state index >= 15 is 0 Å². The second-order valence-corrected chi connectivity index (χ2v) is 7.41. The number of hydrogen-bond donors (Lipinski definition) is 0. The predicted octanol–water partition coefficient (Wildman–Crippen LogP) is 7.69. The molecule has 0 atom stereocenters. The fourth-order valence-corrected chi connectivity index (χ4v) is 3.74. The molecule has 0 aliphatic rings. The molecular weight excluding hydrogens is 326 g/mol. The van der Waals surface area contributed by atoms with E-state index in [9.17, 15) is 0 Å². The van der Waals surface area contributed by atoms with Gasteiger partial charge in [-0.1, -0.05) is 79.7 Å². The molecule has 2 aromatic rings. The van der Waals surface area contributed by atoms with Crippen LogP contribution in [-0.4, -0.2) is 5.75 Å². The maximum absolute atomic E-state index is 8.39. The van der Waals surface area contributed by atoms with Gasteiger partial charge in [0, 0.05) is 15.5 Å². The van der Waals surface area contributed by atoms with Crippen LogP contribution in [0.2, 0.25) is 0 Å². The van der Waals surface area contributed by atoms with Gasteiger partial charge in [0.25, 0.3) is 0 Å². The molecule has 3 nitrogen and oxygen atoms in total. The first-order valence-corrected chi connectivity index (χ1v) is 10.2. The average Bonchev–Trinajstić information content (AvgIpc) is 2.66. The van der Waals surface area contributed by atoms with Gasteiger partial charge >= 0.3 is 0 Å². The van der Waals surface area contributed by atoms with Gasteiger partial charge < -0.3 is 0 Å². The van der Waals surface area contributed by atoms with Gasteiger partial charge in [0.1, 0.15) is 0 Å². The van der Waals surface area contributed by atoms with Gasteiger partial charge in [0.05, 0.1) is 0 Å². The van der Waals surface area contributed by atoms with Crippen molar-refractivity contribution in [1.29, 1.82) is 0 Å². The van der Waals surface area contributed by atoms with Crippen LogP contribution in [0.4, 0.5) is 5.69 Å². The summed E-state index contributed by atoms with van der Waals surface area (Å²) in [6.07, 6.45) is 10.4. The quantitative estimate of drug-likeness (QED) is 0.127.